The highest BCUT2D eigenvalue weighted by atomic mass is 32.1. The van der Waals surface area contributed by atoms with Crippen LogP contribution in [0.25, 0.3) is 0 Å². The molecule has 1 aliphatic rings. The van der Waals surface area contributed by atoms with Crippen LogP contribution in [0.1, 0.15) is 35.0 Å². The van der Waals surface area contributed by atoms with E-state index in [1.54, 1.807) is 13.0 Å². The van der Waals surface area contributed by atoms with Gasteiger partial charge in [-0.1, -0.05) is 5.92 Å². The Balaban J connectivity index is 2.16. The molecule has 0 bridgehead atoms. The highest BCUT2D eigenvalue weighted by Gasteiger charge is 2.21. The first-order valence-electron chi connectivity index (χ1n) is 6.74. The Labute approximate surface area is 127 Å². The molecule has 1 aromatic rings. The van der Waals surface area contributed by atoms with E-state index in [4.69, 9.17) is 5.73 Å². The maximum absolute atomic E-state index is 12.4. The van der Waals surface area contributed by atoms with Crippen LogP contribution < -0.4 is 21.7 Å². The number of hydrogen-bond acceptors (Lipinski definition) is 4. The van der Waals surface area contributed by atoms with E-state index in [1.165, 1.54) is 11.3 Å². The summed E-state index contributed by atoms with van der Waals surface area (Å²) in [6, 6.07) is 1.09. The average Bonchev–Trinajstić information content (AvgIpc) is 2.82. The smallest absolute Gasteiger partial charge is 0.317 e. The summed E-state index contributed by atoms with van der Waals surface area (Å²) in [4.78, 5) is 24.1. The molecule has 1 atom stereocenters. The SMILES string of the molecule is CC#Cc1cc(C(=O)N[C@H]2CCCNC2)c(NC(N)=O)s1. The van der Waals surface area contributed by atoms with Gasteiger partial charge in [0.2, 0.25) is 0 Å². The molecule has 0 spiro atoms. The number of thiophene rings is 1. The van der Waals surface area contributed by atoms with Crippen molar-refractivity contribution in [2.75, 3.05) is 18.4 Å². The molecule has 0 aromatic carbocycles. The summed E-state index contributed by atoms with van der Waals surface area (Å²) in [5.41, 5.74) is 5.54. The van der Waals surface area contributed by atoms with E-state index in [0.29, 0.717) is 15.4 Å². The number of nitrogens with two attached hydrogens (primary N) is 1. The highest BCUT2D eigenvalue weighted by molar-refractivity contribution is 7.17. The van der Waals surface area contributed by atoms with Gasteiger partial charge >= 0.3 is 6.03 Å². The second-order valence-corrected chi connectivity index (χ2v) is 5.79. The third-order valence-corrected chi connectivity index (χ3v) is 4.06. The zero-order valence-corrected chi connectivity index (χ0v) is 12.6. The van der Waals surface area contributed by atoms with Crippen LogP contribution >= 0.6 is 11.3 Å². The quantitative estimate of drug-likeness (QED) is 0.629. The number of piperidine rings is 1. The first kappa shape index (κ1) is 15.4. The van der Waals surface area contributed by atoms with Gasteiger partial charge in [0, 0.05) is 12.6 Å². The number of amides is 3. The van der Waals surface area contributed by atoms with Gasteiger partial charge in [-0.15, -0.1) is 17.3 Å². The van der Waals surface area contributed by atoms with Crippen molar-refractivity contribution in [1.29, 1.82) is 0 Å². The van der Waals surface area contributed by atoms with Crippen molar-refractivity contribution in [2.24, 2.45) is 5.73 Å². The molecule has 7 heteroatoms. The summed E-state index contributed by atoms with van der Waals surface area (Å²) >= 11 is 1.24. The van der Waals surface area contributed by atoms with Crippen molar-refractivity contribution in [3.63, 3.8) is 0 Å². The normalized spacial score (nSPS) is 17.5. The van der Waals surface area contributed by atoms with Gasteiger partial charge in [0.15, 0.2) is 0 Å². The van der Waals surface area contributed by atoms with E-state index < -0.39 is 6.03 Å². The lowest BCUT2D eigenvalue weighted by Crippen LogP contribution is -2.45. The monoisotopic (exact) mass is 306 g/mol. The first-order chi connectivity index (χ1) is 10.1. The van der Waals surface area contributed by atoms with Crippen LogP contribution in [0.15, 0.2) is 6.07 Å². The van der Waals surface area contributed by atoms with Crippen LogP contribution in [0, 0.1) is 11.8 Å². The average molecular weight is 306 g/mol. The molecule has 0 radical (unpaired) electrons. The zero-order valence-electron chi connectivity index (χ0n) is 11.8. The molecule has 5 N–H and O–H groups in total. The Morgan fingerprint density at radius 2 is 2.33 bits per heavy atom. The van der Waals surface area contributed by atoms with Crippen molar-refractivity contribution in [2.45, 2.75) is 25.8 Å². The molecule has 0 aliphatic carbocycles. The minimum absolute atomic E-state index is 0.105. The Kier molecular flexibility index (Phi) is 5.20. The van der Waals surface area contributed by atoms with Crippen LogP contribution in [-0.2, 0) is 0 Å². The highest BCUT2D eigenvalue weighted by Crippen LogP contribution is 2.27. The van der Waals surface area contributed by atoms with Gasteiger partial charge in [-0.05, 0) is 32.4 Å². The van der Waals surface area contributed by atoms with Crippen LogP contribution in [0.2, 0.25) is 0 Å². The minimum Gasteiger partial charge on any atom is -0.351 e. The fraction of sp³-hybridized carbons (Fsp3) is 0.429. The fourth-order valence-electron chi connectivity index (χ4n) is 2.19. The van der Waals surface area contributed by atoms with Crippen LogP contribution in [0.4, 0.5) is 9.80 Å². The molecule has 3 amide bonds. The summed E-state index contributed by atoms with van der Waals surface area (Å²) in [6.07, 6.45) is 1.98. The van der Waals surface area contributed by atoms with Crippen molar-refractivity contribution in [1.82, 2.24) is 10.6 Å². The molecule has 2 heterocycles. The molecule has 1 fully saturated rings. The third kappa shape index (κ3) is 4.21. The molecule has 1 aromatic heterocycles. The van der Waals surface area contributed by atoms with E-state index in [1.807, 2.05) is 0 Å². The summed E-state index contributed by atoms with van der Waals surface area (Å²) in [5, 5.41) is 9.12. The van der Waals surface area contributed by atoms with Crippen molar-refractivity contribution in [3.05, 3.63) is 16.5 Å². The number of anilines is 1. The van der Waals surface area contributed by atoms with E-state index in [0.717, 1.165) is 25.9 Å². The Morgan fingerprint density at radius 3 is 2.95 bits per heavy atom. The van der Waals surface area contributed by atoms with Crippen LogP contribution in [-0.4, -0.2) is 31.1 Å². The summed E-state index contributed by atoms with van der Waals surface area (Å²) in [5.74, 6) is 5.44. The predicted molar refractivity (Wildman–Crippen MR) is 83.4 cm³/mol. The molecular weight excluding hydrogens is 288 g/mol. The molecule has 112 valence electrons. The molecule has 1 saturated heterocycles. The molecular formula is C14H18N4O2S. The Morgan fingerprint density at radius 1 is 1.52 bits per heavy atom. The van der Waals surface area contributed by atoms with Gasteiger partial charge in [-0.2, -0.15) is 0 Å². The molecule has 0 saturated carbocycles. The number of nitrogens with one attached hydrogen (secondary N) is 3. The van der Waals surface area contributed by atoms with E-state index in [-0.39, 0.29) is 11.9 Å². The van der Waals surface area contributed by atoms with Gasteiger partial charge in [0.1, 0.15) is 5.00 Å². The topological polar surface area (TPSA) is 96.2 Å². The third-order valence-electron chi connectivity index (χ3n) is 3.09. The Bertz CT molecular complexity index is 594. The zero-order chi connectivity index (χ0) is 15.2. The number of rotatable bonds is 3. The molecule has 2 rings (SSSR count). The largest absolute Gasteiger partial charge is 0.351 e. The van der Waals surface area contributed by atoms with Gasteiger partial charge in [0.25, 0.3) is 5.91 Å². The summed E-state index contributed by atoms with van der Waals surface area (Å²) < 4.78 is 0. The number of carbonyl (C=O) groups is 2. The van der Waals surface area contributed by atoms with Gasteiger partial charge in [-0.3, -0.25) is 10.1 Å². The van der Waals surface area contributed by atoms with Gasteiger partial charge < -0.3 is 16.4 Å². The van der Waals surface area contributed by atoms with Crippen LogP contribution in [0.5, 0.6) is 0 Å². The van der Waals surface area contributed by atoms with E-state index >= 15 is 0 Å². The molecule has 1 aliphatic heterocycles. The van der Waals surface area contributed by atoms with E-state index in [9.17, 15) is 9.59 Å². The molecule has 6 nitrogen and oxygen atoms in total. The van der Waals surface area contributed by atoms with Gasteiger partial charge in [-0.25, -0.2) is 4.79 Å². The van der Waals surface area contributed by atoms with Crippen LogP contribution in [0.3, 0.4) is 0 Å². The number of primary amides is 1. The second kappa shape index (κ2) is 7.11. The number of carbonyl (C=O) groups excluding carboxylic acids is 2. The van der Waals surface area contributed by atoms with Crippen molar-refractivity contribution < 1.29 is 9.59 Å². The molecule has 0 unspecified atom stereocenters. The Hall–Kier alpha value is -2.04. The maximum Gasteiger partial charge on any atom is 0.317 e. The summed E-state index contributed by atoms with van der Waals surface area (Å²) in [6.45, 7) is 3.46. The fourth-order valence-corrected chi connectivity index (χ4v) is 3.15. The molecule has 21 heavy (non-hydrogen) atoms. The lowest BCUT2D eigenvalue weighted by molar-refractivity contribution is 0.0932. The second-order valence-electron chi connectivity index (χ2n) is 4.73. The summed E-state index contributed by atoms with van der Waals surface area (Å²) in [7, 11) is 0. The van der Waals surface area contributed by atoms with Crippen molar-refractivity contribution in [3.8, 4) is 11.8 Å². The van der Waals surface area contributed by atoms with E-state index in [2.05, 4.69) is 27.8 Å². The maximum atomic E-state index is 12.4. The first-order valence-corrected chi connectivity index (χ1v) is 7.56. The lowest BCUT2D eigenvalue weighted by Gasteiger charge is -2.23. The standard InChI is InChI=1S/C14H18N4O2S/c1-2-4-10-7-11(13(21-10)18-14(15)20)12(19)17-9-5-3-6-16-8-9/h7,9,16H,3,5-6,8H2,1H3,(H,17,19)(H3,15,18,20)/t9-/m0/s1. The predicted octanol–water partition coefficient (Wildman–Crippen LogP) is 1.09. The lowest BCUT2D eigenvalue weighted by atomic mass is 10.1. The number of hydrogen-bond donors (Lipinski definition) is 4. The minimum atomic E-state index is -0.693. The van der Waals surface area contributed by atoms with Gasteiger partial charge in [0.05, 0.1) is 10.4 Å². The van der Waals surface area contributed by atoms with Crippen molar-refractivity contribution >= 4 is 28.3 Å². The number of urea groups is 1.